The normalized spacial score (nSPS) is 11.2. The lowest BCUT2D eigenvalue weighted by atomic mass is 10.2. The second-order valence-electron chi connectivity index (χ2n) is 5.39. The number of pyridine rings is 1. The Morgan fingerprint density at radius 2 is 1.92 bits per heavy atom. The van der Waals surface area contributed by atoms with Crippen LogP contribution in [0.1, 0.15) is 18.3 Å². The van der Waals surface area contributed by atoms with Crippen LogP contribution >= 0.6 is 0 Å². The highest BCUT2D eigenvalue weighted by Crippen LogP contribution is 2.18. The van der Waals surface area contributed by atoms with Crippen molar-refractivity contribution in [2.75, 3.05) is 0 Å². The minimum Gasteiger partial charge on any atom is -0.322 e. The van der Waals surface area contributed by atoms with E-state index < -0.39 is 0 Å². The maximum atomic E-state index is 13.5. The molecule has 0 fully saturated rings. The molecular formula is C17H15FN6. The minimum absolute atomic E-state index is 0.276. The van der Waals surface area contributed by atoms with Crippen LogP contribution in [0, 0.1) is 5.82 Å². The molecule has 7 heteroatoms. The first-order chi connectivity index (χ1) is 11.8. The molecule has 0 aliphatic carbocycles. The minimum atomic E-state index is -0.276. The Labute approximate surface area is 137 Å². The number of fused-ring (bicyclic) bond motifs is 1. The largest absolute Gasteiger partial charge is 0.322 e. The summed E-state index contributed by atoms with van der Waals surface area (Å²) in [5, 5.41) is 0. The van der Waals surface area contributed by atoms with Gasteiger partial charge < -0.3 is 8.97 Å². The maximum Gasteiger partial charge on any atom is 0.195 e. The quantitative estimate of drug-likeness (QED) is 0.579. The van der Waals surface area contributed by atoms with Crippen molar-refractivity contribution >= 4 is 5.65 Å². The molecule has 4 aromatic rings. The second kappa shape index (κ2) is 5.84. The van der Waals surface area contributed by atoms with E-state index in [1.165, 1.54) is 12.3 Å². The van der Waals surface area contributed by atoms with Crippen LogP contribution < -0.4 is 0 Å². The molecule has 6 nitrogen and oxygen atoms in total. The zero-order chi connectivity index (χ0) is 16.5. The molecule has 120 valence electrons. The number of imidazole rings is 2. The van der Waals surface area contributed by atoms with E-state index in [0.717, 1.165) is 23.5 Å². The summed E-state index contributed by atoms with van der Waals surface area (Å²) in [6.45, 7) is 2.56. The lowest BCUT2D eigenvalue weighted by molar-refractivity contribution is 0.617. The van der Waals surface area contributed by atoms with Gasteiger partial charge in [-0.1, -0.05) is 6.92 Å². The van der Waals surface area contributed by atoms with E-state index in [2.05, 4.69) is 19.9 Å². The highest BCUT2D eigenvalue weighted by Gasteiger charge is 2.15. The van der Waals surface area contributed by atoms with Gasteiger partial charge in [0.1, 0.15) is 11.5 Å². The van der Waals surface area contributed by atoms with Gasteiger partial charge in [-0.15, -0.1) is 0 Å². The highest BCUT2D eigenvalue weighted by molar-refractivity contribution is 5.46. The molecule has 0 radical (unpaired) electrons. The Kier molecular flexibility index (Phi) is 3.53. The average molecular weight is 322 g/mol. The number of aromatic nitrogens is 6. The van der Waals surface area contributed by atoms with Gasteiger partial charge in [-0.25, -0.2) is 24.3 Å². The van der Waals surface area contributed by atoms with Crippen LogP contribution in [0.2, 0.25) is 0 Å². The van der Waals surface area contributed by atoms with E-state index in [0.29, 0.717) is 18.2 Å². The van der Waals surface area contributed by atoms with Crippen molar-refractivity contribution in [3.05, 3.63) is 66.4 Å². The third-order valence-electron chi connectivity index (χ3n) is 3.90. The fourth-order valence-electron chi connectivity index (χ4n) is 2.84. The molecule has 4 rings (SSSR count). The SMILES string of the molecule is CCc1c(Cn2ccnc2-c2ncccn2)nc2ccc(F)cn12. The van der Waals surface area contributed by atoms with Gasteiger partial charge in [0.05, 0.1) is 12.2 Å². The summed E-state index contributed by atoms with van der Waals surface area (Å²) in [6.07, 6.45) is 9.19. The second-order valence-corrected chi connectivity index (χ2v) is 5.39. The van der Waals surface area contributed by atoms with E-state index in [1.807, 2.05) is 17.7 Å². The predicted molar refractivity (Wildman–Crippen MR) is 86.9 cm³/mol. The van der Waals surface area contributed by atoms with Crippen molar-refractivity contribution in [3.8, 4) is 11.6 Å². The average Bonchev–Trinajstić information content (AvgIpc) is 3.19. The molecule has 0 spiro atoms. The van der Waals surface area contributed by atoms with Gasteiger partial charge in [-0.2, -0.15) is 0 Å². The standard InChI is InChI=1S/C17H15FN6/c1-2-14-13(22-15-5-4-12(18)10-24(14)15)11-23-9-8-21-17(23)16-19-6-3-7-20-16/h3-10H,2,11H2,1H3. The van der Waals surface area contributed by atoms with E-state index in [-0.39, 0.29) is 5.82 Å². The Balaban J connectivity index is 1.77. The first-order valence-electron chi connectivity index (χ1n) is 7.70. The lowest BCUT2D eigenvalue weighted by Gasteiger charge is -2.07. The number of rotatable bonds is 4. The van der Waals surface area contributed by atoms with Gasteiger partial charge >= 0.3 is 0 Å². The van der Waals surface area contributed by atoms with Crippen LogP contribution in [-0.2, 0) is 13.0 Å². The molecule has 0 bridgehead atoms. The van der Waals surface area contributed by atoms with Crippen LogP contribution in [0.15, 0.2) is 49.2 Å². The Hall–Kier alpha value is -3.09. The van der Waals surface area contributed by atoms with Crippen molar-refractivity contribution in [1.82, 2.24) is 28.9 Å². The Morgan fingerprint density at radius 3 is 2.71 bits per heavy atom. The van der Waals surface area contributed by atoms with Gasteiger partial charge in [0, 0.05) is 36.7 Å². The molecule has 0 saturated heterocycles. The molecule has 4 heterocycles. The summed E-state index contributed by atoms with van der Waals surface area (Å²) in [4.78, 5) is 17.5. The third kappa shape index (κ3) is 2.44. The van der Waals surface area contributed by atoms with E-state index in [1.54, 1.807) is 35.1 Å². The smallest absolute Gasteiger partial charge is 0.195 e. The molecule has 0 aromatic carbocycles. The molecular weight excluding hydrogens is 307 g/mol. The molecule has 4 aromatic heterocycles. The lowest BCUT2D eigenvalue weighted by Crippen LogP contribution is -2.06. The Morgan fingerprint density at radius 1 is 1.08 bits per heavy atom. The molecule has 0 aliphatic rings. The topological polar surface area (TPSA) is 60.9 Å². The number of hydrogen-bond donors (Lipinski definition) is 0. The fraction of sp³-hybridized carbons (Fsp3) is 0.176. The molecule has 0 unspecified atom stereocenters. The molecule has 0 N–H and O–H groups in total. The van der Waals surface area contributed by atoms with Gasteiger partial charge in [0.15, 0.2) is 11.6 Å². The summed E-state index contributed by atoms with van der Waals surface area (Å²) in [6, 6.07) is 4.88. The van der Waals surface area contributed by atoms with Crippen molar-refractivity contribution in [2.45, 2.75) is 19.9 Å². The summed E-state index contributed by atoms with van der Waals surface area (Å²) >= 11 is 0. The first-order valence-corrected chi connectivity index (χ1v) is 7.70. The van der Waals surface area contributed by atoms with E-state index in [4.69, 9.17) is 0 Å². The van der Waals surface area contributed by atoms with Crippen LogP contribution in [0.5, 0.6) is 0 Å². The number of aryl methyl sites for hydroxylation is 1. The Bertz CT molecular complexity index is 989. The predicted octanol–water partition coefficient (Wildman–Crippen LogP) is 2.74. The molecule has 0 amide bonds. The van der Waals surface area contributed by atoms with Crippen molar-refractivity contribution in [3.63, 3.8) is 0 Å². The highest BCUT2D eigenvalue weighted by atomic mass is 19.1. The monoisotopic (exact) mass is 322 g/mol. The van der Waals surface area contributed by atoms with Crippen LogP contribution in [-0.4, -0.2) is 28.9 Å². The van der Waals surface area contributed by atoms with Crippen LogP contribution in [0.25, 0.3) is 17.3 Å². The number of hydrogen-bond acceptors (Lipinski definition) is 4. The van der Waals surface area contributed by atoms with E-state index >= 15 is 0 Å². The van der Waals surface area contributed by atoms with E-state index in [9.17, 15) is 4.39 Å². The third-order valence-corrected chi connectivity index (χ3v) is 3.90. The zero-order valence-corrected chi connectivity index (χ0v) is 13.1. The molecule has 0 saturated carbocycles. The molecule has 24 heavy (non-hydrogen) atoms. The zero-order valence-electron chi connectivity index (χ0n) is 13.1. The molecule has 0 aliphatic heterocycles. The molecule has 0 atom stereocenters. The van der Waals surface area contributed by atoms with Gasteiger partial charge in [0.2, 0.25) is 0 Å². The van der Waals surface area contributed by atoms with Crippen molar-refractivity contribution in [1.29, 1.82) is 0 Å². The van der Waals surface area contributed by atoms with Crippen molar-refractivity contribution < 1.29 is 4.39 Å². The van der Waals surface area contributed by atoms with Gasteiger partial charge in [-0.05, 0) is 24.6 Å². The summed E-state index contributed by atoms with van der Waals surface area (Å²) < 4.78 is 17.3. The summed E-state index contributed by atoms with van der Waals surface area (Å²) in [7, 11) is 0. The fourth-order valence-corrected chi connectivity index (χ4v) is 2.84. The van der Waals surface area contributed by atoms with Crippen LogP contribution in [0.3, 0.4) is 0 Å². The summed E-state index contributed by atoms with van der Waals surface area (Å²) in [5.74, 6) is 0.971. The maximum absolute atomic E-state index is 13.5. The number of nitrogens with zero attached hydrogens (tertiary/aromatic N) is 6. The van der Waals surface area contributed by atoms with Gasteiger partial charge in [-0.3, -0.25) is 0 Å². The van der Waals surface area contributed by atoms with Crippen LogP contribution in [0.4, 0.5) is 4.39 Å². The first kappa shape index (κ1) is 14.5. The summed E-state index contributed by atoms with van der Waals surface area (Å²) in [5.41, 5.74) is 2.61. The van der Waals surface area contributed by atoms with Gasteiger partial charge in [0.25, 0.3) is 0 Å². The van der Waals surface area contributed by atoms with Crippen molar-refractivity contribution in [2.24, 2.45) is 0 Å². The number of halogens is 1.